The van der Waals surface area contributed by atoms with Crippen LogP contribution in [0.2, 0.25) is 10.0 Å². The highest BCUT2D eigenvalue weighted by atomic mass is 35.5. The number of alkyl halides is 3. The van der Waals surface area contributed by atoms with E-state index in [-0.39, 0.29) is 22.0 Å². The average molecular weight is 296 g/mol. The number of carbonyl (C=O) groups is 1. The molecule has 0 aliphatic heterocycles. The van der Waals surface area contributed by atoms with Gasteiger partial charge in [-0.25, -0.2) is 0 Å². The van der Waals surface area contributed by atoms with Crippen LogP contribution in [0, 0.1) is 11.8 Å². The lowest BCUT2D eigenvalue weighted by atomic mass is 10.1. The molecule has 0 bridgehead atoms. The highest BCUT2D eigenvalue weighted by Gasteiger charge is 2.31. The standard InChI is InChI=1S/C11H6Cl2F3NO/c12-8-4-6(11(14,15)16)5-9(13)7(8)2-1-3-10(17)18/h4-5H,3H2,(H2,17,18). The third-order valence-corrected chi connectivity index (χ3v) is 2.44. The Labute approximate surface area is 111 Å². The second-order valence-corrected chi connectivity index (χ2v) is 4.07. The van der Waals surface area contributed by atoms with Crippen molar-refractivity contribution in [3.8, 4) is 11.8 Å². The second-order valence-electron chi connectivity index (χ2n) is 3.26. The van der Waals surface area contributed by atoms with Crippen molar-refractivity contribution in [2.24, 2.45) is 5.73 Å². The van der Waals surface area contributed by atoms with Gasteiger partial charge >= 0.3 is 6.18 Å². The molecular weight excluding hydrogens is 290 g/mol. The molecule has 1 rings (SSSR count). The molecule has 0 fully saturated rings. The zero-order valence-electron chi connectivity index (χ0n) is 8.74. The fourth-order valence-corrected chi connectivity index (χ4v) is 1.66. The van der Waals surface area contributed by atoms with Gasteiger partial charge in [0.1, 0.15) is 0 Å². The van der Waals surface area contributed by atoms with Crippen molar-refractivity contribution in [3.05, 3.63) is 33.3 Å². The molecule has 0 aliphatic rings. The lowest BCUT2D eigenvalue weighted by Crippen LogP contribution is -2.08. The summed E-state index contributed by atoms with van der Waals surface area (Å²) in [5.41, 5.74) is 3.93. The number of primary amides is 1. The Morgan fingerprint density at radius 1 is 1.28 bits per heavy atom. The highest BCUT2D eigenvalue weighted by Crippen LogP contribution is 2.35. The van der Waals surface area contributed by atoms with Crippen molar-refractivity contribution in [1.82, 2.24) is 0 Å². The van der Waals surface area contributed by atoms with Gasteiger partial charge in [0.2, 0.25) is 5.91 Å². The van der Waals surface area contributed by atoms with Crippen molar-refractivity contribution >= 4 is 29.1 Å². The van der Waals surface area contributed by atoms with Gasteiger partial charge in [0.15, 0.2) is 0 Å². The fourth-order valence-electron chi connectivity index (χ4n) is 1.08. The fraction of sp³-hybridized carbons (Fsp3) is 0.182. The third-order valence-electron chi connectivity index (χ3n) is 1.85. The number of carbonyl (C=O) groups excluding carboxylic acids is 1. The molecule has 0 heterocycles. The first kappa shape index (κ1) is 14.7. The van der Waals surface area contributed by atoms with E-state index < -0.39 is 17.6 Å². The molecule has 0 radical (unpaired) electrons. The van der Waals surface area contributed by atoms with Crippen LogP contribution in [0.3, 0.4) is 0 Å². The van der Waals surface area contributed by atoms with Crippen LogP contribution in [0.15, 0.2) is 12.1 Å². The Bertz CT molecular complexity index is 520. The number of rotatable bonds is 1. The molecule has 1 aromatic carbocycles. The number of benzene rings is 1. The minimum absolute atomic E-state index is 0.0348. The molecule has 0 unspecified atom stereocenters. The van der Waals surface area contributed by atoms with Gasteiger partial charge in [-0.15, -0.1) is 0 Å². The summed E-state index contributed by atoms with van der Waals surface area (Å²) in [5, 5.41) is -0.460. The summed E-state index contributed by atoms with van der Waals surface area (Å²) < 4.78 is 37.3. The molecule has 2 N–H and O–H groups in total. The summed E-state index contributed by atoms with van der Waals surface area (Å²) in [5.74, 6) is 4.12. The Kier molecular flexibility index (Phi) is 4.49. The average Bonchev–Trinajstić information content (AvgIpc) is 2.20. The smallest absolute Gasteiger partial charge is 0.369 e. The van der Waals surface area contributed by atoms with Crippen molar-refractivity contribution in [3.63, 3.8) is 0 Å². The van der Waals surface area contributed by atoms with Crippen LogP contribution < -0.4 is 5.73 Å². The van der Waals surface area contributed by atoms with Gasteiger partial charge in [0.05, 0.1) is 27.6 Å². The molecule has 18 heavy (non-hydrogen) atoms. The molecule has 7 heteroatoms. The molecule has 0 saturated carbocycles. The van der Waals surface area contributed by atoms with Crippen molar-refractivity contribution < 1.29 is 18.0 Å². The number of halogens is 5. The molecule has 96 valence electrons. The van der Waals surface area contributed by atoms with E-state index in [1.165, 1.54) is 0 Å². The maximum atomic E-state index is 12.4. The number of amides is 1. The molecule has 1 aromatic rings. The van der Waals surface area contributed by atoms with Crippen LogP contribution in [0.1, 0.15) is 17.5 Å². The van der Waals surface area contributed by atoms with Gasteiger partial charge in [0, 0.05) is 0 Å². The molecular formula is C11H6Cl2F3NO. The second kappa shape index (κ2) is 5.51. The molecule has 0 aromatic heterocycles. The lowest BCUT2D eigenvalue weighted by Gasteiger charge is -2.09. The van der Waals surface area contributed by atoms with Gasteiger partial charge < -0.3 is 5.73 Å². The van der Waals surface area contributed by atoms with Gasteiger partial charge in [-0.3, -0.25) is 4.79 Å². The molecule has 0 atom stereocenters. The van der Waals surface area contributed by atoms with Crippen molar-refractivity contribution in [2.75, 3.05) is 0 Å². The first-order valence-corrected chi connectivity index (χ1v) is 5.31. The minimum Gasteiger partial charge on any atom is -0.369 e. The van der Waals surface area contributed by atoms with Crippen LogP contribution in [-0.2, 0) is 11.0 Å². The largest absolute Gasteiger partial charge is 0.416 e. The molecule has 2 nitrogen and oxygen atoms in total. The first-order chi connectivity index (χ1) is 8.21. The predicted molar refractivity (Wildman–Crippen MR) is 62.2 cm³/mol. The van der Waals surface area contributed by atoms with E-state index >= 15 is 0 Å². The Morgan fingerprint density at radius 2 is 1.78 bits per heavy atom. The van der Waals surface area contributed by atoms with Crippen molar-refractivity contribution in [1.29, 1.82) is 0 Å². The summed E-state index contributed by atoms with van der Waals surface area (Å²) in [6, 6.07) is 1.45. The zero-order chi connectivity index (χ0) is 13.9. The Hall–Kier alpha value is -1.38. The van der Waals surface area contributed by atoms with Crippen LogP contribution in [-0.4, -0.2) is 5.91 Å². The SMILES string of the molecule is NC(=O)CC#Cc1c(Cl)cc(C(F)(F)F)cc1Cl. The summed E-state index contributed by atoms with van der Waals surface area (Å²) in [6.07, 6.45) is -4.76. The zero-order valence-corrected chi connectivity index (χ0v) is 10.2. The van der Waals surface area contributed by atoms with E-state index in [9.17, 15) is 18.0 Å². The van der Waals surface area contributed by atoms with Crippen LogP contribution >= 0.6 is 23.2 Å². The van der Waals surface area contributed by atoms with E-state index in [0.717, 1.165) is 12.1 Å². The molecule has 1 amide bonds. The monoisotopic (exact) mass is 295 g/mol. The summed E-state index contributed by atoms with van der Waals surface area (Å²) >= 11 is 11.3. The third kappa shape index (κ3) is 3.83. The number of hydrogen-bond acceptors (Lipinski definition) is 1. The summed E-state index contributed by atoms with van der Waals surface area (Å²) in [4.78, 5) is 10.4. The number of nitrogens with two attached hydrogens (primary N) is 1. The topological polar surface area (TPSA) is 43.1 Å². The lowest BCUT2D eigenvalue weighted by molar-refractivity contribution is -0.137. The van der Waals surface area contributed by atoms with E-state index in [1.807, 2.05) is 0 Å². The maximum Gasteiger partial charge on any atom is 0.416 e. The van der Waals surface area contributed by atoms with Gasteiger partial charge in [-0.05, 0) is 12.1 Å². The van der Waals surface area contributed by atoms with Crippen molar-refractivity contribution in [2.45, 2.75) is 12.6 Å². The van der Waals surface area contributed by atoms with Gasteiger partial charge in [-0.2, -0.15) is 13.2 Å². The maximum absolute atomic E-state index is 12.4. The molecule has 0 saturated heterocycles. The highest BCUT2D eigenvalue weighted by molar-refractivity contribution is 6.36. The number of hydrogen-bond donors (Lipinski definition) is 1. The first-order valence-electron chi connectivity index (χ1n) is 4.55. The normalized spacial score (nSPS) is 10.7. The Balaban J connectivity index is 3.16. The predicted octanol–water partition coefficient (Wildman–Crippen LogP) is 3.24. The van der Waals surface area contributed by atoms with E-state index in [0.29, 0.717) is 0 Å². The Morgan fingerprint density at radius 3 is 2.17 bits per heavy atom. The molecule has 0 spiro atoms. The van der Waals surface area contributed by atoms with E-state index in [2.05, 4.69) is 11.8 Å². The quantitative estimate of drug-likeness (QED) is 0.794. The summed E-state index contributed by atoms with van der Waals surface area (Å²) in [6.45, 7) is 0. The molecule has 0 aliphatic carbocycles. The van der Waals surface area contributed by atoms with Gasteiger partial charge in [0.25, 0.3) is 0 Å². The minimum atomic E-state index is -4.54. The van der Waals surface area contributed by atoms with Crippen LogP contribution in [0.25, 0.3) is 0 Å². The van der Waals surface area contributed by atoms with Crippen LogP contribution in [0.4, 0.5) is 13.2 Å². The summed E-state index contributed by atoms with van der Waals surface area (Å²) in [7, 11) is 0. The van der Waals surface area contributed by atoms with Gasteiger partial charge in [-0.1, -0.05) is 35.0 Å². The van der Waals surface area contributed by atoms with E-state index in [4.69, 9.17) is 28.9 Å². The van der Waals surface area contributed by atoms with Crippen LogP contribution in [0.5, 0.6) is 0 Å². The van der Waals surface area contributed by atoms with E-state index in [1.54, 1.807) is 0 Å².